The van der Waals surface area contributed by atoms with Crippen LogP contribution in [0.25, 0.3) is 0 Å². The molecule has 0 radical (unpaired) electrons. The van der Waals surface area contributed by atoms with E-state index in [1.807, 2.05) is 24.3 Å². The molecule has 3 nitrogen and oxygen atoms in total. The predicted octanol–water partition coefficient (Wildman–Crippen LogP) is 3.77. The highest BCUT2D eigenvalue weighted by atomic mass is 16.5. The van der Waals surface area contributed by atoms with Gasteiger partial charge in [0.1, 0.15) is 5.75 Å². The number of likely N-dealkylation sites (tertiary alicyclic amines) is 1. The first-order valence-corrected chi connectivity index (χ1v) is 8.85. The molecule has 1 heterocycles. The number of rotatable bonds is 4. The minimum absolute atomic E-state index is 0.349. The van der Waals surface area contributed by atoms with Gasteiger partial charge in [0.15, 0.2) is 0 Å². The minimum Gasteiger partial charge on any atom is -0.497 e. The molecule has 3 rings (SSSR count). The summed E-state index contributed by atoms with van der Waals surface area (Å²) in [7, 11) is 1.68. The van der Waals surface area contributed by atoms with Gasteiger partial charge in [-0.1, -0.05) is 31.4 Å². The van der Waals surface area contributed by atoms with E-state index in [0.29, 0.717) is 12.0 Å². The Morgan fingerprint density at radius 3 is 2.36 bits per heavy atom. The van der Waals surface area contributed by atoms with Crippen LogP contribution in [0.2, 0.25) is 0 Å². The second kappa shape index (κ2) is 7.47. The van der Waals surface area contributed by atoms with E-state index in [-0.39, 0.29) is 6.10 Å². The Morgan fingerprint density at radius 1 is 1.00 bits per heavy atom. The van der Waals surface area contributed by atoms with E-state index < -0.39 is 0 Å². The molecule has 1 saturated carbocycles. The van der Waals surface area contributed by atoms with Crippen LogP contribution >= 0.6 is 0 Å². The lowest BCUT2D eigenvalue weighted by Gasteiger charge is -2.43. The maximum atomic E-state index is 10.9. The third kappa shape index (κ3) is 3.47. The maximum absolute atomic E-state index is 10.9. The van der Waals surface area contributed by atoms with Crippen LogP contribution in [0.5, 0.6) is 5.75 Å². The number of aliphatic hydroxyl groups excluding tert-OH is 1. The fourth-order valence-corrected chi connectivity index (χ4v) is 4.26. The molecule has 22 heavy (non-hydrogen) atoms. The Balaban J connectivity index is 1.73. The molecule has 3 heteroatoms. The molecule has 0 bridgehead atoms. The molecular weight excluding hydrogens is 274 g/mol. The molecule has 1 aromatic rings. The fraction of sp³-hybridized carbons (Fsp3) is 0.684. The summed E-state index contributed by atoms with van der Waals surface area (Å²) in [6.07, 6.45) is 8.62. The van der Waals surface area contributed by atoms with Gasteiger partial charge in [0.25, 0.3) is 0 Å². The zero-order chi connectivity index (χ0) is 15.4. The van der Waals surface area contributed by atoms with E-state index in [0.717, 1.165) is 17.7 Å². The molecule has 1 aliphatic carbocycles. The van der Waals surface area contributed by atoms with Crippen LogP contribution in [-0.2, 0) is 0 Å². The van der Waals surface area contributed by atoms with E-state index in [9.17, 15) is 5.11 Å². The minimum atomic E-state index is -0.349. The molecule has 0 unspecified atom stereocenters. The van der Waals surface area contributed by atoms with Gasteiger partial charge in [-0.2, -0.15) is 0 Å². The summed E-state index contributed by atoms with van der Waals surface area (Å²) in [5.74, 6) is 1.23. The predicted molar refractivity (Wildman–Crippen MR) is 89.1 cm³/mol. The molecular formula is C19H29NO2. The van der Waals surface area contributed by atoms with Crippen molar-refractivity contribution in [2.45, 2.75) is 57.1 Å². The first-order chi connectivity index (χ1) is 10.8. The van der Waals surface area contributed by atoms with Gasteiger partial charge < -0.3 is 14.7 Å². The van der Waals surface area contributed by atoms with E-state index in [4.69, 9.17) is 4.74 Å². The van der Waals surface area contributed by atoms with E-state index in [2.05, 4.69) is 4.90 Å². The van der Waals surface area contributed by atoms with Crippen molar-refractivity contribution in [1.82, 2.24) is 4.90 Å². The van der Waals surface area contributed by atoms with Crippen molar-refractivity contribution in [2.24, 2.45) is 5.92 Å². The highest BCUT2D eigenvalue weighted by Crippen LogP contribution is 2.38. The quantitative estimate of drug-likeness (QED) is 0.919. The number of nitrogens with zero attached hydrogens (tertiary/aromatic N) is 1. The molecule has 2 aliphatic rings. The highest BCUT2D eigenvalue weighted by molar-refractivity contribution is 5.29. The Bertz CT molecular complexity index is 453. The first-order valence-electron chi connectivity index (χ1n) is 8.85. The standard InChI is InChI=1S/C19H29NO2/c1-22-16-11-9-15(10-12-16)19(21)17-7-3-4-8-18(17)20-13-5-2-6-14-20/h9-12,17-19,21H,2-8,13-14H2,1H3/t17-,18+,19-/m1/s1. The number of piperidine rings is 1. The Labute approximate surface area is 134 Å². The number of hydrogen-bond donors (Lipinski definition) is 1. The van der Waals surface area contributed by atoms with Gasteiger partial charge in [0.05, 0.1) is 13.2 Å². The molecule has 0 amide bonds. The number of aliphatic hydroxyl groups is 1. The molecule has 1 saturated heterocycles. The number of hydrogen-bond acceptors (Lipinski definition) is 3. The van der Waals surface area contributed by atoms with Crippen molar-refractivity contribution in [3.05, 3.63) is 29.8 Å². The summed E-state index contributed by atoms with van der Waals surface area (Å²) in [4.78, 5) is 2.65. The molecule has 3 atom stereocenters. The smallest absolute Gasteiger partial charge is 0.118 e. The van der Waals surface area contributed by atoms with Gasteiger partial charge in [-0.15, -0.1) is 0 Å². The van der Waals surface area contributed by atoms with E-state index >= 15 is 0 Å². The number of ether oxygens (including phenoxy) is 1. The highest BCUT2D eigenvalue weighted by Gasteiger charge is 2.35. The molecule has 1 aliphatic heterocycles. The largest absolute Gasteiger partial charge is 0.497 e. The Morgan fingerprint density at radius 2 is 1.68 bits per heavy atom. The second-order valence-electron chi connectivity index (χ2n) is 6.83. The van der Waals surface area contributed by atoms with Crippen molar-refractivity contribution in [1.29, 1.82) is 0 Å². The van der Waals surface area contributed by atoms with Crippen LogP contribution in [0, 0.1) is 5.92 Å². The third-order valence-corrected chi connectivity index (χ3v) is 5.50. The summed E-state index contributed by atoms with van der Waals surface area (Å²) in [5, 5.41) is 10.9. The van der Waals surface area contributed by atoms with E-state index in [1.54, 1.807) is 7.11 Å². The van der Waals surface area contributed by atoms with Crippen LogP contribution < -0.4 is 4.74 Å². The number of methoxy groups -OCH3 is 1. The topological polar surface area (TPSA) is 32.7 Å². The summed E-state index contributed by atoms with van der Waals surface area (Å²) in [6.45, 7) is 2.44. The van der Waals surface area contributed by atoms with Crippen molar-refractivity contribution >= 4 is 0 Å². The van der Waals surface area contributed by atoms with Gasteiger partial charge in [0.2, 0.25) is 0 Å². The summed E-state index contributed by atoms with van der Waals surface area (Å²) >= 11 is 0. The first kappa shape index (κ1) is 15.8. The summed E-state index contributed by atoms with van der Waals surface area (Å²) in [5.41, 5.74) is 1.04. The molecule has 1 aromatic carbocycles. The monoisotopic (exact) mass is 303 g/mol. The molecule has 2 fully saturated rings. The van der Waals surface area contributed by atoms with Crippen molar-refractivity contribution in [2.75, 3.05) is 20.2 Å². The van der Waals surface area contributed by atoms with Gasteiger partial charge in [-0.3, -0.25) is 0 Å². The molecule has 122 valence electrons. The van der Waals surface area contributed by atoms with Crippen LogP contribution in [0.3, 0.4) is 0 Å². The van der Waals surface area contributed by atoms with Gasteiger partial charge in [0, 0.05) is 12.0 Å². The van der Waals surface area contributed by atoms with Crippen LogP contribution in [-0.4, -0.2) is 36.2 Å². The number of benzene rings is 1. The zero-order valence-corrected chi connectivity index (χ0v) is 13.7. The molecule has 0 aromatic heterocycles. The lowest BCUT2D eigenvalue weighted by molar-refractivity contribution is 0.00384. The maximum Gasteiger partial charge on any atom is 0.118 e. The summed E-state index contributed by atoms with van der Waals surface area (Å²) < 4.78 is 5.22. The van der Waals surface area contributed by atoms with Gasteiger partial charge >= 0.3 is 0 Å². The van der Waals surface area contributed by atoms with Crippen LogP contribution in [0.4, 0.5) is 0 Å². The van der Waals surface area contributed by atoms with Gasteiger partial charge in [-0.25, -0.2) is 0 Å². The van der Waals surface area contributed by atoms with Crippen molar-refractivity contribution in [3.8, 4) is 5.75 Å². The lowest BCUT2D eigenvalue weighted by Crippen LogP contribution is -2.46. The fourth-order valence-electron chi connectivity index (χ4n) is 4.26. The SMILES string of the molecule is COc1ccc([C@@H](O)[C@@H]2CCCC[C@@H]2N2CCCCC2)cc1. The average Bonchev–Trinajstić information content (AvgIpc) is 2.62. The zero-order valence-electron chi connectivity index (χ0n) is 13.7. The van der Waals surface area contributed by atoms with E-state index in [1.165, 1.54) is 51.6 Å². The molecule has 0 spiro atoms. The van der Waals surface area contributed by atoms with Crippen LogP contribution in [0.15, 0.2) is 24.3 Å². The lowest BCUT2D eigenvalue weighted by atomic mass is 9.77. The Kier molecular flexibility index (Phi) is 5.37. The van der Waals surface area contributed by atoms with Crippen LogP contribution in [0.1, 0.15) is 56.6 Å². The van der Waals surface area contributed by atoms with Gasteiger partial charge in [-0.05, 0) is 56.5 Å². The summed E-state index contributed by atoms with van der Waals surface area (Å²) in [6, 6.07) is 8.51. The van der Waals surface area contributed by atoms with Crippen molar-refractivity contribution < 1.29 is 9.84 Å². The third-order valence-electron chi connectivity index (χ3n) is 5.50. The normalized spacial score (nSPS) is 28.3. The Hall–Kier alpha value is -1.06. The average molecular weight is 303 g/mol. The molecule has 1 N–H and O–H groups in total. The van der Waals surface area contributed by atoms with Crippen molar-refractivity contribution in [3.63, 3.8) is 0 Å². The second-order valence-corrected chi connectivity index (χ2v) is 6.83.